The third-order valence-corrected chi connectivity index (χ3v) is 5.42. The number of sulfonamides is 1. The number of anilines is 1. The number of rotatable bonds is 6. The summed E-state index contributed by atoms with van der Waals surface area (Å²) in [6.45, 7) is 3.05. The Balaban J connectivity index is 2.07. The minimum Gasteiger partial charge on any atom is -0.384 e. The maximum absolute atomic E-state index is 12.2. The van der Waals surface area contributed by atoms with Crippen molar-refractivity contribution in [1.29, 1.82) is 0 Å². The van der Waals surface area contributed by atoms with Crippen molar-refractivity contribution < 1.29 is 8.42 Å². The molecule has 0 unspecified atom stereocenters. The molecule has 1 aromatic carbocycles. The quantitative estimate of drug-likeness (QED) is 0.848. The van der Waals surface area contributed by atoms with Gasteiger partial charge in [-0.15, -0.1) is 0 Å². The highest BCUT2D eigenvalue weighted by Crippen LogP contribution is 2.26. The first-order valence-electron chi connectivity index (χ1n) is 7.46. The average molecular weight is 296 g/mol. The van der Waals surface area contributed by atoms with Crippen molar-refractivity contribution in [3.63, 3.8) is 0 Å². The van der Waals surface area contributed by atoms with Crippen molar-refractivity contribution in [3.05, 3.63) is 24.3 Å². The van der Waals surface area contributed by atoms with Gasteiger partial charge in [-0.1, -0.05) is 38.3 Å². The minimum absolute atomic E-state index is 0.345. The summed E-state index contributed by atoms with van der Waals surface area (Å²) >= 11 is 0. The summed E-state index contributed by atoms with van der Waals surface area (Å²) in [4.78, 5) is 0.345. The van der Waals surface area contributed by atoms with Crippen LogP contribution in [0.1, 0.15) is 39.0 Å². The summed E-state index contributed by atoms with van der Waals surface area (Å²) in [5.41, 5.74) is 0.707. The topological polar surface area (TPSA) is 58.2 Å². The Morgan fingerprint density at radius 3 is 2.55 bits per heavy atom. The largest absolute Gasteiger partial charge is 0.384 e. The molecule has 1 fully saturated rings. The highest BCUT2D eigenvalue weighted by molar-refractivity contribution is 7.89. The monoisotopic (exact) mass is 296 g/mol. The van der Waals surface area contributed by atoms with Crippen LogP contribution < -0.4 is 10.0 Å². The Hall–Kier alpha value is -1.07. The van der Waals surface area contributed by atoms with Crippen LogP contribution in [0, 0.1) is 5.92 Å². The fourth-order valence-corrected chi connectivity index (χ4v) is 3.98. The Labute approximate surface area is 122 Å². The van der Waals surface area contributed by atoms with Crippen LogP contribution in [-0.4, -0.2) is 21.5 Å². The fraction of sp³-hybridized carbons (Fsp3) is 0.600. The molecular formula is C15H24N2O2S. The van der Waals surface area contributed by atoms with Gasteiger partial charge in [0.1, 0.15) is 4.90 Å². The van der Waals surface area contributed by atoms with Gasteiger partial charge in [-0.3, -0.25) is 0 Å². The molecule has 1 saturated carbocycles. The van der Waals surface area contributed by atoms with Gasteiger partial charge in [-0.05, 0) is 30.9 Å². The molecular weight excluding hydrogens is 272 g/mol. The van der Waals surface area contributed by atoms with Crippen LogP contribution in [0.3, 0.4) is 0 Å². The number of benzene rings is 1. The molecule has 112 valence electrons. The van der Waals surface area contributed by atoms with Crippen LogP contribution in [-0.2, 0) is 10.0 Å². The van der Waals surface area contributed by atoms with Crippen molar-refractivity contribution in [2.45, 2.75) is 43.9 Å². The van der Waals surface area contributed by atoms with Crippen LogP contribution >= 0.6 is 0 Å². The van der Waals surface area contributed by atoms with Crippen molar-refractivity contribution in [1.82, 2.24) is 4.72 Å². The SMILES string of the molecule is CCNS(=O)(=O)c1ccccc1NCC1CCCCC1. The highest BCUT2D eigenvalue weighted by atomic mass is 32.2. The zero-order valence-electron chi connectivity index (χ0n) is 12.1. The second kappa shape index (κ2) is 7.09. The van der Waals surface area contributed by atoms with E-state index >= 15 is 0 Å². The van der Waals surface area contributed by atoms with Gasteiger partial charge in [0.15, 0.2) is 0 Å². The van der Waals surface area contributed by atoms with Gasteiger partial charge in [0.2, 0.25) is 10.0 Å². The molecule has 1 aromatic rings. The summed E-state index contributed by atoms with van der Waals surface area (Å²) in [6.07, 6.45) is 6.42. The molecule has 0 heterocycles. The van der Waals surface area contributed by atoms with Gasteiger partial charge in [0, 0.05) is 13.1 Å². The second-order valence-corrected chi connectivity index (χ2v) is 7.12. The Kier molecular flexibility index (Phi) is 5.43. The van der Waals surface area contributed by atoms with Gasteiger partial charge in [-0.2, -0.15) is 0 Å². The van der Waals surface area contributed by atoms with E-state index in [0.717, 1.165) is 6.54 Å². The number of para-hydroxylation sites is 1. The van der Waals surface area contributed by atoms with Crippen LogP contribution in [0.2, 0.25) is 0 Å². The van der Waals surface area contributed by atoms with Gasteiger partial charge in [-0.25, -0.2) is 13.1 Å². The van der Waals surface area contributed by atoms with Crippen LogP contribution in [0.25, 0.3) is 0 Å². The lowest BCUT2D eigenvalue weighted by Crippen LogP contribution is -2.25. The first-order valence-corrected chi connectivity index (χ1v) is 8.94. The summed E-state index contributed by atoms with van der Waals surface area (Å²) in [5.74, 6) is 0.665. The lowest BCUT2D eigenvalue weighted by molar-refractivity contribution is 0.373. The molecule has 0 atom stereocenters. The molecule has 0 saturated heterocycles. The van der Waals surface area contributed by atoms with E-state index in [1.807, 2.05) is 12.1 Å². The Morgan fingerprint density at radius 2 is 1.85 bits per heavy atom. The third kappa shape index (κ3) is 3.96. The highest BCUT2D eigenvalue weighted by Gasteiger charge is 2.18. The van der Waals surface area contributed by atoms with E-state index < -0.39 is 10.0 Å². The molecule has 0 amide bonds. The average Bonchev–Trinajstić information content (AvgIpc) is 2.46. The normalized spacial score (nSPS) is 17.1. The van der Waals surface area contributed by atoms with Gasteiger partial charge in [0.05, 0.1) is 5.69 Å². The number of hydrogen-bond donors (Lipinski definition) is 2. The van der Waals surface area contributed by atoms with Crippen LogP contribution in [0.5, 0.6) is 0 Å². The summed E-state index contributed by atoms with van der Waals surface area (Å²) in [5, 5.41) is 3.33. The summed E-state index contributed by atoms with van der Waals surface area (Å²) in [7, 11) is -3.41. The van der Waals surface area contributed by atoms with E-state index in [1.165, 1.54) is 32.1 Å². The first kappa shape index (κ1) is 15.3. The predicted octanol–water partition coefficient (Wildman–Crippen LogP) is 2.98. The van der Waals surface area contributed by atoms with Crippen molar-refractivity contribution in [2.24, 2.45) is 5.92 Å². The van der Waals surface area contributed by atoms with Gasteiger partial charge >= 0.3 is 0 Å². The summed E-state index contributed by atoms with van der Waals surface area (Å²) in [6, 6.07) is 7.12. The zero-order valence-corrected chi connectivity index (χ0v) is 12.9. The maximum Gasteiger partial charge on any atom is 0.242 e. The minimum atomic E-state index is -3.41. The smallest absolute Gasteiger partial charge is 0.242 e. The molecule has 1 aliphatic carbocycles. The predicted molar refractivity (Wildman–Crippen MR) is 82.4 cm³/mol. The first-order chi connectivity index (χ1) is 9.63. The molecule has 2 N–H and O–H groups in total. The Bertz CT molecular complexity index is 522. The molecule has 1 aliphatic rings. The maximum atomic E-state index is 12.2. The van der Waals surface area contributed by atoms with Crippen molar-refractivity contribution in [2.75, 3.05) is 18.4 Å². The molecule has 0 aromatic heterocycles. The number of nitrogens with one attached hydrogen (secondary N) is 2. The van der Waals surface area contributed by atoms with E-state index in [2.05, 4.69) is 10.0 Å². The molecule has 0 bridgehead atoms. The molecule has 0 aliphatic heterocycles. The van der Waals surface area contributed by atoms with Gasteiger partial charge < -0.3 is 5.32 Å². The standard InChI is InChI=1S/C15H24N2O2S/c1-2-17-20(18,19)15-11-7-6-10-14(15)16-12-13-8-4-3-5-9-13/h6-7,10-11,13,16-17H,2-5,8-9,12H2,1H3. The van der Waals surface area contributed by atoms with Crippen molar-refractivity contribution in [3.8, 4) is 0 Å². The van der Waals surface area contributed by atoms with E-state index in [4.69, 9.17) is 0 Å². The van der Waals surface area contributed by atoms with Crippen molar-refractivity contribution >= 4 is 15.7 Å². The van der Waals surface area contributed by atoms with Crippen LogP contribution in [0.15, 0.2) is 29.2 Å². The second-order valence-electron chi connectivity index (χ2n) is 5.38. The Morgan fingerprint density at radius 1 is 1.15 bits per heavy atom. The lowest BCUT2D eigenvalue weighted by Gasteiger charge is -2.23. The number of hydrogen-bond acceptors (Lipinski definition) is 3. The van der Waals surface area contributed by atoms with E-state index in [9.17, 15) is 8.42 Å². The van der Waals surface area contributed by atoms with E-state index in [0.29, 0.717) is 23.0 Å². The molecule has 5 heteroatoms. The molecule has 0 radical (unpaired) electrons. The fourth-order valence-electron chi connectivity index (χ4n) is 2.76. The third-order valence-electron chi connectivity index (χ3n) is 3.82. The summed E-state index contributed by atoms with van der Waals surface area (Å²) < 4.78 is 26.9. The van der Waals surface area contributed by atoms with Crippen LogP contribution in [0.4, 0.5) is 5.69 Å². The zero-order chi connectivity index (χ0) is 14.4. The van der Waals surface area contributed by atoms with E-state index in [-0.39, 0.29) is 0 Å². The lowest BCUT2D eigenvalue weighted by atomic mass is 9.89. The van der Waals surface area contributed by atoms with Gasteiger partial charge in [0.25, 0.3) is 0 Å². The van der Waals surface area contributed by atoms with E-state index in [1.54, 1.807) is 19.1 Å². The molecule has 0 spiro atoms. The molecule has 4 nitrogen and oxygen atoms in total. The molecule has 2 rings (SSSR count). The molecule has 20 heavy (non-hydrogen) atoms.